The Kier molecular flexibility index (Phi) is 10.4. The Labute approximate surface area is 333 Å². The number of fused-ring (bicyclic) bond motifs is 6. The van der Waals surface area contributed by atoms with Gasteiger partial charge in [-0.05, 0) is 61.1 Å². The fourth-order valence-corrected chi connectivity index (χ4v) is 11.1. The first-order valence-electron chi connectivity index (χ1n) is 19.3. The molecule has 1 aliphatic carbocycles. The van der Waals surface area contributed by atoms with Crippen LogP contribution in [0.2, 0.25) is 0 Å². The molecule has 8 rings (SSSR count). The number of likely N-dealkylation sites (tertiary alicyclic amines) is 2. The zero-order valence-corrected chi connectivity index (χ0v) is 34.0. The number of aromatic nitrogens is 4. The van der Waals surface area contributed by atoms with E-state index < -0.39 is 24.3 Å². The van der Waals surface area contributed by atoms with Gasteiger partial charge in [-0.2, -0.15) is 0 Å². The summed E-state index contributed by atoms with van der Waals surface area (Å²) < 4.78 is 10.7. The molecule has 2 unspecified atom stereocenters. The van der Waals surface area contributed by atoms with Crippen LogP contribution in [-0.2, 0) is 19.1 Å². The molecule has 6 atom stereocenters. The highest BCUT2D eigenvalue weighted by atomic mass is 32.2. The van der Waals surface area contributed by atoms with Gasteiger partial charge in [-0.1, -0.05) is 45.9 Å². The number of H-pyrrole nitrogens is 2. The van der Waals surface area contributed by atoms with E-state index in [0.29, 0.717) is 13.1 Å². The third kappa shape index (κ3) is 6.84. The maximum absolute atomic E-state index is 13.8. The maximum atomic E-state index is 13.8. The molecule has 2 fully saturated rings. The van der Waals surface area contributed by atoms with Crippen LogP contribution < -0.4 is 10.6 Å². The number of amides is 4. The second kappa shape index (κ2) is 15.3. The first-order chi connectivity index (χ1) is 26.9. The lowest BCUT2D eigenvalue weighted by atomic mass is 9.95. The molecule has 0 spiro atoms. The Bertz CT molecular complexity index is 2260. The van der Waals surface area contributed by atoms with Crippen LogP contribution in [0.4, 0.5) is 9.59 Å². The van der Waals surface area contributed by atoms with Gasteiger partial charge in [-0.3, -0.25) is 9.59 Å². The predicted octanol–water partition coefficient (Wildman–Crippen LogP) is 7.06. The lowest BCUT2D eigenvalue weighted by Gasteiger charge is -2.30. The normalized spacial score (nSPS) is 22.8. The van der Waals surface area contributed by atoms with E-state index in [2.05, 4.69) is 57.0 Å². The van der Waals surface area contributed by atoms with Gasteiger partial charge in [0.2, 0.25) is 11.8 Å². The number of alkyl carbamates (subject to hydrolysis) is 2. The standard InChI is InChI=1S/C40H48N8O6S2/c1-19(2)29(45-39(51)53-5)37(49)47-15-7-9-25(47)35-41-23-13-11-21-17-27(55-33(21)31(23)43-35)28-18-22-12-14-24-32(34(22)56-28)44-36(42-24)26-10-8-16-48(26)38(50)30(20(3)4)46-40(52)54-6/h11-14,17-21,25-26,29-30,33H,7-10,15-16H2,1-6H3,(H,41,43)(H,42,44)(H,45,51)(H,46,52)/t21?,25-,26-,29-,30-,33?/m0/s1. The van der Waals surface area contributed by atoms with Crippen LogP contribution in [0.25, 0.3) is 32.1 Å². The SMILES string of the molecule is COC(=O)N[C@H](C(=O)N1CCC[C@H]1c1nc2c([nH]1)C1SC(c3cc4ccc5[nH]c([C@@H]6CCCN6C(=O)[C@@H](NC(=O)OC)C(C)C)nc5c4s3)=CC1C=C2)C(C)C. The largest absolute Gasteiger partial charge is 0.453 e. The van der Waals surface area contributed by atoms with Crippen molar-refractivity contribution in [2.45, 2.75) is 82.8 Å². The first-order valence-corrected chi connectivity index (χ1v) is 21.0. The van der Waals surface area contributed by atoms with Crippen molar-refractivity contribution < 1.29 is 28.7 Å². The van der Waals surface area contributed by atoms with Gasteiger partial charge in [-0.15, -0.1) is 23.1 Å². The summed E-state index contributed by atoms with van der Waals surface area (Å²) >= 11 is 3.55. The zero-order chi connectivity index (χ0) is 39.4. The van der Waals surface area contributed by atoms with Crippen molar-refractivity contribution >= 4 is 79.2 Å². The average molecular weight is 801 g/mol. The summed E-state index contributed by atoms with van der Waals surface area (Å²) in [6, 6.07) is 4.61. The number of carbonyl (C=O) groups is 4. The summed E-state index contributed by atoms with van der Waals surface area (Å²) in [5.41, 5.74) is 3.78. The van der Waals surface area contributed by atoms with Crippen molar-refractivity contribution in [3.8, 4) is 0 Å². The maximum Gasteiger partial charge on any atom is 0.407 e. The Morgan fingerprint density at radius 3 is 2.05 bits per heavy atom. The van der Waals surface area contributed by atoms with Crippen LogP contribution in [0, 0.1) is 17.8 Å². The predicted molar refractivity (Wildman–Crippen MR) is 217 cm³/mol. The lowest BCUT2D eigenvalue weighted by molar-refractivity contribution is -0.136. The molecular formula is C40H48N8O6S2. The highest BCUT2D eigenvalue weighted by Crippen LogP contribution is 2.56. The monoisotopic (exact) mass is 800 g/mol. The highest BCUT2D eigenvalue weighted by Gasteiger charge is 2.41. The number of methoxy groups -OCH3 is 2. The van der Waals surface area contributed by atoms with E-state index in [0.717, 1.165) is 69.8 Å². The minimum atomic E-state index is -0.694. The summed E-state index contributed by atoms with van der Waals surface area (Å²) in [7, 11) is 2.60. The Balaban J connectivity index is 1.01. The van der Waals surface area contributed by atoms with Gasteiger partial charge < -0.3 is 39.9 Å². The Hall–Kier alpha value is -4.83. The third-order valence-electron chi connectivity index (χ3n) is 11.4. The van der Waals surface area contributed by atoms with Crippen LogP contribution in [0.15, 0.2) is 30.4 Å². The quantitative estimate of drug-likeness (QED) is 0.138. The minimum Gasteiger partial charge on any atom is -0.453 e. The summed E-state index contributed by atoms with van der Waals surface area (Å²) in [6.45, 7) is 8.85. The van der Waals surface area contributed by atoms with E-state index >= 15 is 0 Å². The van der Waals surface area contributed by atoms with Crippen molar-refractivity contribution in [1.29, 1.82) is 0 Å². The van der Waals surface area contributed by atoms with Gasteiger partial charge in [0.15, 0.2) is 0 Å². The van der Waals surface area contributed by atoms with Gasteiger partial charge in [0.05, 0.1) is 53.2 Å². The zero-order valence-electron chi connectivity index (χ0n) is 32.4. The van der Waals surface area contributed by atoms with E-state index in [-0.39, 0.29) is 46.9 Å². The third-order valence-corrected chi connectivity index (χ3v) is 14.1. The molecule has 3 aromatic heterocycles. The minimum absolute atomic E-state index is 0.106. The van der Waals surface area contributed by atoms with Gasteiger partial charge in [0, 0.05) is 28.8 Å². The number of rotatable bonds is 9. The number of imidazole rings is 2. The van der Waals surface area contributed by atoms with Crippen molar-refractivity contribution in [2.75, 3.05) is 27.3 Å². The smallest absolute Gasteiger partial charge is 0.407 e. The van der Waals surface area contributed by atoms with Crippen LogP contribution in [-0.4, -0.2) is 93.1 Å². The second-order valence-electron chi connectivity index (χ2n) is 15.6. The number of allylic oxidation sites excluding steroid dienone is 2. The molecule has 4 amide bonds. The molecule has 0 radical (unpaired) electrons. The molecule has 4 N–H and O–H groups in total. The van der Waals surface area contributed by atoms with Crippen LogP contribution >= 0.6 is 23.1 Å². The number of nitrogens with one attached hydrogen (secondary N) is 4. The summed E-state index contributed by atoms with van der Waals surface area (Å²) in [4.78, 5) is 75.0. The number of benzene rings is 1. The number of ether oxygens (including phenoxy) is 2. The molecule has 2 saturated heterocycles. The van der Waals surface area contributed by atoms with Crippen LogP contribution in [0.3, 0.4) is 0 Å². The fraction of sp³-hybridized carbons (Fsp3) is 0.500. The molecule has 3 aliphatic heterocycles. The molecule has 4 aliphatic rings. The highest BCUT2D eigenvalue weighted by molar-refractivity contribution is 8.09. The van der Waals surface area contributed by atoms with Crippen molar-refractivity contribution in [3.63, 3.8) is 0 Å². The molecule has 0 saturated carbocycles. The summed E-state index contributed by atoms with van der Waals surface area (Å²) in [6.07, 6.45) is 8.67. The number of thiophene rings is 1. The number of nitrogens with zero attached hydrogens (tertiary/aromatic N) is 4. The van der Waals surface area contributed by atoms with Gasteiger partial charge in [0.25, 0.3) is 0 Å². The molecule has 4 aromatic rings. The van der Waals surface area contributed by atoms with Gasteiger partial charge in [-0.25, -0.2) is 19.6 Å². The Morgan fingerprint density at radius 1 is 0.857 bits per heavy atom. The molecule has 296 valence electrons. The molecule has 14 nitrogen and oxygen atoms in total. The number of hydrogen-bond acceptors (Lipinski definition) is 10. The number of hydrogen-bond donors (Lipinski definition) is 4. The second-order valence-corrected chi connectivity index (χ2v) is 17.9. The van der Waals surface area contributed by atoms with Crippen LogP contribution in [0.1, 0.15) is 98.6 Å². The summed E-state index contributed by atoms with van der Waals surface area (Å²) in [5, 5.41) is 6.69. The van der Waals surface area contributed by atoms with E-state index in [1.807, 2.05) is 49.3 Å². The van der Waals surface area contributed by atoms with Gasteiger partial charge >= 0.3 is 12.2 Å². The fourth-order valence-electron chi connectivity index (χ4n) is 8.44. The summed E-state index contributed by atoms with van der Waals surface area (Å²) in [5.74, 6) is 1.24. The van der Waals surface area contributed by atoms with E-state index in [1.54, 1.807) is 11.3 Å². The van der Waals surface area contributed by atoms with Crippen molar-refractivity contribution in [2.24, 2.45) is 17.8 Å². The average Bonchev–Trinajstić information content (AvgIpc) is 4.03. The molecule has 1 aromatic carbocycles. The van der Waals surface area contributed by atoms with E-state index in [1.165, 1.54) is 24.0 Å². The van der Waals surface area contributed by atoms with E-state index in [9.17, 15) is 19.2 Å². The molecule has 0 bridgehead atoms. The number of carbonyl (C=O) groups excluding carboxylic acids is 4. The molecule has 56 heavy (non-hydrogen) atoms. The molecule has 16 heteroatoms. The van der Waals surface area contributed by atoms with Crippen molar-refractivity contribution in [1.82, 2.24) is 40.4 Å². The van der Waals surface area contributed by atoms with Crippen LogP contribution in [0.5, 0.6) is 0 Å². The molecular weight excluding hydrogens is 753 g/mol. The topological polar surface area (TPSA) is 175 Å². The van der Waals surface area contributed by atoms with Gasteiger partial charge in [0.1, 0.15) is 29.2 Å². The number of thioether (sulfide) groups is 1. The molecule has 6 heterocycles. The Morgan fingerprint density at radius 2 is 1.46 bits per heavy atom. The first kappa shape index (κ1) is 38.1. The van der Waals surface area contributed by atoms with Crippen molar-refractivity contribution in [3.05, 3.63) is 58.3 Å². The van der Waals surface area contributed by atoms with E-state index in [4.69, 9.17) is 19.4 Å². The lowest BCUT2D eigenvalue weighted by Crippen LogP contribution is -2.51. The number of aromatic amines is 2.